The van der Waals surface area contributed by atoms with E-state index in [4.69, 9.17) is 4.74 Å². The maximum absolute atomic E-state index is 12.5. The Kier molecular flexibility index (Phi) is 6.14. The number of nitrogens with zero attached hydrogens (tertiary/aromatic N) is 1. The van der Waals surface area contributed by atoms with Crippen molar-refractivity contribution in [2.75, 3.05) is 24.7 Å². The molecule has 148 valence electrons. The number of ketones is 1. The second-order valence-electron chi connectivity index (χ2n) is 6.74. The molecule has 1 aliphatic heterocycles. The Labute approximate surface area is 165 Å². The van der Waals surface area contributed by atoms with Crippen molar-refractivity contribution in [2.45, 2.75) is 19.4 Å². The van der Waals surface area contributed by atoms with Crippen LogP contribution in [0, 0.1) is 0 Å². The number of ether oxygens (including phenoxy) is 1. The van der Waals surface area contributed by atoms with Crippen LogP contribution >= 0.6 is 0 Å². The smallest absolute Gasteiger partial charge is 0.260 e. The van der Waals surface area contributed by atoms with Gasteiger partial charge in [-0.15, -0.1) is 0 Å². The summed E-state index contributed by atoms with van der Waals surface area (Å²) < 4.78 is 28.9. The Hall–Kier alpha value is -2.67. The summed E-state index contributed by atoms with van der Waals surface area (Å²) in [6.07, 6.45) is 0.470. The number of likely N-dealkylation sites (N-methyl/N-ethyl adjacent to an activating group) is 1. The van der Waals surface area contributed by atoms with Crippen molar-refractivity contribution < 1.29 is 22.7 Å². The number of hydrogen-bond acceptors (Lipinski definition) is 5. The van der Waals surface area contributed by atoms with Crippen LogP contribution in [0.3, 0.4) is 0 Å². The molecule has 28 heavy (non-hydrogen) atoms. The largest absolute Gasteiger partial charge is 0.484 e. The molecule has 0 N–H and O–H groups in total. The first kappa shape index (κ1) is 20.1. The number of benzene rings is 2. The number of rotatable bonds is 7. The lowest BCUT2D eigenvalue weighted by molar-refractivity contribution is -0.135. The fourth-order valence-corrected chi connectivity index (χ4v) is 5.08. The van der Waals surface area contributed by atoms with Crippen molar-refractivity contribution in [3.63, 3.8) is 0 Å². The Balaban J connectivity index is 1.58. The van der Waals surface area contributed by atoms with Gasteiger partial charge >= 0.3 is 0 Å². The molecule has 0 radical (unpaired) electrons. The van der Waals surface area contributed by atoms with Crippen molar-refractivity contribution in [1.82, 2.24) is 4.90 Å². The highest BCUT2D eigenvalue weighted by Crippen LogP contribution is 2.19. The minimum Gasteiger partial charge on any atom is -0.484 e. The molecule has 3 rings (SSSR count). The first-order valence-corrected chi connectivity index (χ1v) is 11.0. The van der Waals surface area contributed by atoms with Crippen LogP contribution in [-0.2, 0) is 14.6 Å². The van der Waals surface area contributed by atoms with Gasteiger partial charge in [-0.1, -0.05) is 30.3 Å². The molecule has 2 aromatic carbocycles. The average molecular weight is 401 g/mol. The first-order chi connectivity index (χ1) is 13.4. The van der Waals surface area contributed by atoms with Gasteiger partial charge in [-0.2, -0.15) is 0 Å². The zero-order chi connectivity index (χ0) is 20.1. The number of carbonyl (C=O) groups excluding carboxylic acids is 2. The Morgan fingerprint density at radius 1 is 1.04 bits per heavy atom. The van der Waals surface area contributed by atoms with Gasteiger partial charge in [0.1, 0.15) is 5.75 Å². The molecular formula is C21H23NO5S. The van der Waals surface area contributed by atoms with Gasteiger partial charge in [0, 0.05) is 23.7 Å². The highest BCUT2D eigenvalue weighted by atomic mass is 32.2. The molecule has 7 heteroatoms. The van der Waals surface area contributed by atoms with Gasteiger partial charge in [0.2, 0.25) is 0 Å². The molecule has 0 saturated carbocycles. The summed E-state index contributed by atoms with van der Waals surface area (Å²) in [7, 11) is -3.05. The highest BCUT2D eigenvalue weighted by Gasteiger charge is 2.33. The van der Waals surface area contributed by atoms with Gasteiger partial charge in [0.15, 0.2) is 22.2 Å². The third kappa shape index (κ3) is 4.78. The molecule has 1 saturated heterocycles. The second-order valence-corrected chi connectivity index (χ2v) is 8.97. The molecule has 0 aromatic heterocycles. The fraction of sp³-hybridized carbons (Fsp3) is 0.333. The van der Waals surface area contributed by atoms with Crippen molar-refractivity contribution >= 4 is 21.5 Å². The van der Waals surface area contributed by atoms with Crippen LogP contribution in [-0.4, -0.2) is 55.7 Å². The maximum atomic E-state index is 12.5. The predicted octanol–water partition coefficient (Wildman–Crippen LogP) is 2.33. The van der Waals surface area contributed by atoms with Gasteiger partial charge in [-0.25, -0.2) is 8.42 Å². The van der Waals surface area contributed by atoms with Crippen molar-refractivity contribution in [1.29, 1.82) is 0 Å². The summed E-state index contributed by atoms with van der Waals surface area (Å²) in [6, 6.07) is 15.3. The van der Waals surface area contributed by atoms with Gasteiger partial charge in [-0.3, -0.25) is 9.59 Å². The number of carbonyl (C=O) groups is 2. The Morgan fingerprint density at radius 3 is 2.25 bits per heavy atom. The van der Waals surface area contributed by atoms with E-state index in [1.54, 1.807) is 41.3 Å². The topological polar surface area (TPSA) is 80.8 Å². The standard InChI is InChI=1S/C21H23NO5S/c1-2-22(18-12-13-28(25,26)15-18)20(23)14-27-19-10-8-17(9-11-19)21(24)16-6-4-3-5-7-16/h3-11,18H,2,12-15H2,1H3. The quantitative estimate of drug-likeness (QED) is 0.665. The van der Waals surface area contributed by atoms with E-state index in [-0.39, 0.29) is 35.8 Å². The van der Waals surface area contributed by atoms with Crippen molar-refractivity contribution in [2.24, 2.45) is 0 Å². The third-order valence-corrected chi connectivity index (χ3v) is 6.58. The molecule has 1 aliphatic rings. The zero-order valence-corrected chi connectivity index (χ0v) is 16.5. The molecule has 0 aliphatic carbocycles. The molecule has 2 aromatic rings. The molecule has 1 fully saturated rings. The zero-order valence-electron chi connectivity index (χ0n) is 15.7. The van der Waals surface area contributed by atoms with Crippen molar-refractivity contribution in [3.8, 4) is 5.75 Å². The second kappa shape index (κ2) is 8.56. The van der Waals surface area contributed by atoms with Crippen LogP contribution in [0.5, 0.6) is 5.75 Å². The third-order valence-electron chi connectivity index (χ3n) is 4.82. The highest BCUT2D eigenvalue weighted by molar-refractivity contribution is 7.91. The molecule has 6 nitrogen and oxygen atoms in total. The monoisotopic (exact) mass is 401 g/mol. The van der Waals surface area contributed by atoms with Crippen LogP contribution in [0.2, 0.25) is 0 Å². The van der Waals surface area contributed by atoms with Gasteiger partial charge in [-0.05, 0) is 37.6 Å². The molecule has 1 unspecified atom stereocenters. The summed E-state index contributed by atoms with van der Waals surface area (Å²) >= 11 is 0. The molecule has 0 bridgehead atoms. The Morgan fingerprint density at radius 2 is 1.68 bits per heavy atom. The molecule has 1 amide bonds. The lowest BCUT2D eigenvalue weighted by Crippen LogP contribution is -2.43. The number of amides is 1. The lowest BCUT2D eigenvalue weighted by atomic mass is 10.0. The van der Waals surface area contributed by atoms with E-state index in [9.17, 15) is 18.0 Å². The van der Waals surface area contributed by atoms with E-state index >= 15 is 0 Å². The van der Waals surface area contributed by atoms with Gasteiger partial charge in [0.05, 0.1) is 11.5 Å². The summed E-state index contributed by atoms with van der Waals surface area (Å²) in [4.78, 5) is 26.4. The van der Waals surface area contributed by atoms with Crippen LogP contribution in [0.4, 0.5) is 0 Å². The summed E-state index contributed by atoms with van der Waals surface area (Å²) in [5.74, 6) is 0.298. The van der Waals surface area contributed by atoms with Crippen LogP contribution in [0.1, 0.15) is 29.3 Å². The molecule has 0 spiro atoms. The van der Waals surface area contributed by atoms with Gasteiger partial charge in [0.25, 0.3) is 5.91 Å². The van der Waals surface area contributed by atoms with E-state index in [2.05, 4.69) is 0 Å². The average Bonchev–Trinajstić information content (AvgIpc) is 3.07. The fourth-order valence-electron chi connectivity index (χ4n) is 3.35. The molecular weight excluding hydrogens is 378 g/mol. The molecule has 1 atom stereocenters. The van der Waals surface area contributed by atoms with E-state index in [1.165, 1.54) is 0 Å². The predicted molar refractivity (Wildman–Crippen MR) is 106 cm³/mol. The molecule has 1 heterocycles. The van der Waals surface area contributed by atoms with Crippen LogP contribution < -0.4 is 4.74 Å². The van der Waals surface area contributed by atoms with E-state index in [0.717, 1.165) is 0 Å². The van der Waals surface area contributed by atoms with Crippen LogP contribution in [0.15, 0.2) is 54.6 Å². The Bertz CT molecular complexity index is 939. The SMILES string of the molecule is CCN(C(=O)COc1ccc(C(=O)c2ccccc2)cc1)C1CCS(=O)(=O)C1. The van der Waals surface area contributed by atoms with Gasteiger partial charge < -0.3 is 9.64 Å². The minimum absolute atomic E-state index is 0.0167. The normalized spacial score (nSPS) is 17.8. The lowest BCUT2D eigenvalue weighted by Gasteiger charge is -2.26. The van der Waals surface area contributed by atoms with Crippen molar-refractivity contribution in [3.05, 3.63) is 65.7 Å². The number of sulfone groups is 1. The van der Waals surface area contributed by atoms with E-state index in [0.29, 0.717) is 29.8 Å². The summed E-state index contributed by atoms with van der Waals surface area (Å²) in [5, 5.41) is 0. The maximum Gasteiger partial charge on any atom is 0.260 e. The first-order valence-electron chi connectivity index (χ1n) is 9.22. The summed E-state index contributed by atoms with van der Waals surface area (Å²) in [5.41, 5.74) is 1.15. The van der Waals surface area contributed by atoms with E-state index in [1.807, 2.05) is 25.1 Å². The summed E-state index contributed by atoms with van der Waals surface area (Å²) in [6.45, 7) is 2.09. The number of hydrogen-bond donors (Lipinski definition) is 0. The minimum atomic E-state index is -3.05. The van der Waals surface area contributed by atoms with E-state index < -0.39 is 9.84 Å². The van der Waals surface area contributed by atoms with Crippen LogP contribution in [0.25, 0.3) is 0 Å².